The number of allylic oxidation sites excluding steroid dienone is 1. The van der Waals surface area contributed by atoms with Crippen molar-refractivity contribution in [2.45, 2.75) is 32.2 Å². The smallest absolute Gasteiger partial charge is 0.329 e. The fourth-order valence-electron chi connectivity index (χ4n) is 2.45. The second-order valence-corrected chi connectivity index (χ2v) is 5.59. The molecule has 0 spiro atoms. The third-order valence-electron chi connectivity index (χ3n) is 3.88. The number of carbonyl (C=O) groups excluding carboxylic acids is 2. The Hall–Kier alpha value is -2.55. The van der Waals surface area contributed by atoms with E-state index >= 15 is 0 Å². The molecule has 2 rings (SSSR count). The van der Waals surface area contributed by atoms with Crippen LogP contribution in [0.15, 0.2) is 41.6 Å². The topological polar surface area (TPSA) is 75.9 Å². The highest BCUT2D eigenvalue weighted by Crippen LogP contribution is 2.28. The maximum Gasteiger partial charge on any atom is 0.493 e. The number of benzene rings is 1. The lowest BCUT2D eigenvalue weighted by atomic mass is 10.0. The number of hydrogen-bond donors (Lipinski definition) is 1. The van der Waals surface area contributed by atoms with E-state index in [-0.39, 0.29) is 17.7 Å². The molecule has 1 aliphatic rings. The molecule has 1 heterocycles. The maximum absolute atomic E-state index is 12.5. The van der Waals surface area contributed by atoms with Crippen molar-refractivity contribution in [3.05, 3.63) is 47.2 Å². The quantitative estimate of drug-likeness (QED) is 0.891. The SMILES string of the molecule is CC1=C(CCc2ccccc2)N(OC(=O)C(F)(F)F)C(N)N(C)C1=O. The van der Waals surface area contributed by atoms with Gasteiger partial charge in [0.05, 0.1) is 5.70 Å². The molecule has 0 radical (unpaired) electrons. The van der Waals surface area contributed by atoms with Gasteiger partial charge in [-0.3, -0.25) is 10.5 Å². The van der Waals surface area contributed by atoms with Crippen LogP contribution >= 0.6 is 0 Å². The van der Waals surface area contributed by atoms with Crippen molar-refractivity contribution < 1.29 is 27.6 Å². The van der Waals surface area contributed by atoms with Crippen LogP contribution in [-0.4, -0.2) is 41.4 Å². The number of carbonyl (C=O) groups is 2. The number of hydrogen-bond acceptors (Lipinski definition) is 5. The van der Waals surface area contributed by atoms with Crippen LogP contribution in [0.1, 0.15) is 18.9 Å². The van der Waals surface area contributed by atoms with Gasteiger partial charge < -0.3 is 9.74 Å². The highest BCUT2D eigenvalue weighted by Gasteiger charge is 2.45. The van der Waals surface area contributed by atoms with E-state index in [1.807, 2.05) is 30.3 Å². The number of rotatable bonds is 4. The van der Waals surface area contributed by atoms with Gasteiger partial charge in [-0.2, -0.15) is 18.2 Å². The molecule has 0 aliphatic carbocycles. The van der Waals surface area contributed by atoms with Gasteiger partial charge in [0, 0.05) is 12.6 Å². The van der Waals surface area contributed by atoms with E-state index in [4.69, 9.17) is 5.73 Å². The summed E-state index contributed by atoms with van der Waals surface area (Å²) < 4.78 is 37.6. The molecule has 6 nitrogen and oxygen atoms in total. The van der Waals surface area contributed by atoms with Crippen LogP contribution in [0.5, 0.6) is 0 Å². The molecule has 1 atom stereocenters. The molecule has 0 saturated carbocycles. The lowest BCUT2D eigenvalue weighted by molar-refractivity contribution is -0.248. The summed E-state index contributed by atoms with van der Waals surface area (Å²) in [5.41, 5.74) is 7.03. The zero-order chi connectivity index (χ0) is 18.8. The molecule has 2 N–H and O–H groups in total. The monoisotopic (exact) mass is 357 g/mol. The summed E-state index contributed by atoms with van der Waals surface area (Å²) in [6, 6.07) is 9.17. The number of hydroxylamine groups is 2. The molecular weight excluding hydrogens is 339 g/mol. The minimum Gasteiger partial charge on any atom is -0.329 e. The van der Waals surface area contributed by atoms with Gasteiger partial charge in [0.2, 0.25) is 0 Å². The van der Waals surface area contributed by atoms with Crippen molar-refractivity contribution in [3.63, 3.8) is 0 Å². The van der Waals surface area contributed by atoms with Crippen LogP contribution < -0.4 is 5.73 Å². The van der Waals surface area contributed by atoms with E-state index in [9.17, 15) is 22.8 Å². The summed E-state index contributed by atoms with van der Waals surface area (Å²) in [7, 11) is 1.32. The Balaban J connectivity index is 2.28. The summed E-state index contributed by atoms with van der Waals surface area (Å²) in [4.78, 5) is 28.9. The van der Waals surface area contributed by atoms with Gasteiger partial charge in [-0.15, -0.1) is 0 Å². The maximum atomic E-state index is 12.5. The molecule has 1 aromatic carbocycles. The lowest BCUT2D eigenvalue weighted by Gasteiger charge is -2.40. The Labute approximate surface area is 142 Å². The molecule has 0 fully saturated rings. The largest absolute Gasteiger partial charge is 0.493 e. The molecule has 25 heavy (non-hydrogen) atoms. The lowest BCUT2D eigenvalue weighted by Crippen LogP contribution is -2.59. The van der Waals surface area contributed by atoms with Crippen LogP contribution in [-0.2, 0) is 20.8 Å². The molecule has 0 bridgehead atoms. The molecular formula is C16H18F3N3O3. The molecule has 1 unspecified atom stereocenters. The third kappa shape index (κ3) is 4.11. The van der Waals surface area contributed by atoms with E-state index in [0.29, 0.717) is 11.5 Å². The molecule has 0 aromatic heterocycles. The number of nitrogens with two attached hydrogens (primary N) is 1. The van der Waals surface area contributed by atoms with Crippen LogP contribution in [0, 0.1) is 0 Å². The number of likely N-dealkylation sites (N-methyl/N-ethyl adjacent to an activating group) is 1. The standard InChI is InChI=1S/C16H18F3N3O3/c1-10-12(9-8-11-6-4-3-5-7-11)22(15(20)21(2)13(10)23)25-14(24)16(17,18)19/h3-7,15H,8-9,20H2,1-2H3. The first-order chi connectivity index (χ1) is 11.6. The van der Waals surface area contributed by atoms with E-state index in [2.05, 4.69) is 4.84 Å². The minimum atomic E-state index is -5.17. The van der Waals surface area contributed by atoms with Crippen LogP contribution in [0.25, 0.3) is 0 Å². The highest BCUT2D eigenvalue weighted by atomic mass is 19.4. The van der Waals surface area contributed by atoms with Crippen molar-refractivity contribution in [2.24, 2.45) is 5.73 Å². The van der Waals surface area contributed by atoms with Gasteiger partial charge >= 0.3 is 12.1 Å². The Bertz CT molecular complexity index is 689. The van der Waals surface area contributed by atoms with E-state index in [1.54, 1.807) is 0 Å². The zero-order valence-corrected chi connectivity index (χ0v) is 13.7. The van der Waals surface area contributed by atoms with Crippen LogP contribution in [0.3, 0.4) is 0 Å². The Morgan fingerprint density at radius 3 is 2.40 bits per heavy atom. The normalized spacial score (nSPS) is 18.6. The fourth-order valence-corrected chi connectivity index (χ4v) is 2.45. The number of halogens is 3. The average molecular weight is 357 g/mol. The van der Waals surface area contributed by atoms with Crippen molar-refractivity contribution in [1.29, 1.82) is 0 Å². The molecule has 136 valence electrons. The van der Waals surface area contributed by atoms with Gasteiger partial charge in [-0.05, 0) is 25.3 Å². The summed E-state index contributed by atoms with van der Waals surface area (Å²) >= 11 is 0. The summed E-state index contributed by atoms with van der Waals surface area (Å²) in [5.74, 6) is -2.83. The van der Waals surface area contributed by atoms with Gasteiger partial charge in [0.15, 0.2) is 6.29 Å². The second kappa shape index (κ2) is 7.14. The predicted molar refractivity (Wildman–Crippen MR) is 82.2 cm³/mol. The van der Waals surface area contributed by atoms with E-state index < -0.39 is 24.3 Å². The first-order valence-electron chi connectivity index (χ1n) is 7.47. The van der Waals surface area contributed by atoms with Crippen LogP contribution in [0.4, 0.5) is 13.2 Å². The Morgan fingerprint density at radius 1 is 1.24 bits per heavy atom. The summed E-state index contributed by atoms with van der Waals surface area (Å²) in [5, 5.41) is 0.662. The minimum absolute atomic E-state index is 0.150. The number of aryl methyl sites for hydroxylation is 1. The highest BCUT2D eigenvalue weighted by molar-refractivity contribution is 5.94. The molecule has 1 aromatic rings. The zero-order valence-electron chi connectivity index (χ0n) is 13.7. The van der Waals surface area contributed by atoms with E-state index in [0.717, 1.165) is 10.5 Å². The number of amides is 1. The molecule has 1 amide bonds. The van der Waals surface area contributed by atoms with Gasteiger partial charge in [-0.1, -0.05) is 30.3 Å². The third-order valence-corrected chi connectivity index (χ3v) is 3.88. The van der Waals surface area contributed by atoms with Crippen molar-refractivity contribution in [3.8, 4) is 0 Å². The number of alkyl halides is 3. The van der Waals surface area contributed by atoms with Gasteiger partial charge in [-0.25, -0.2) is 4.79 Å². The summed E-state index contributed by atoms with van der Waals surface area (Å²) in [6.07, 6.45) is -5.88. The van der Waals surface area contributed by atoms with E-state index in [1.165, 1.54) is 14.0 Å². The Kier molecular flexibility index (Phi) is 5.36. The average Bonchev–Trinajstić information content (AvgIpc) is 2.57. The molecule has 1 aliphatic heterocycles. The van der Waals surface area contributed by atoms with Crippen molar-refractivity contribution in [2.75, 3.05) is 7.05 Å². The first-order valence-corrected chi connectivity index (χ1v) is 7.47. The van der Waals surface area contributed by atoms with Crippen molar-refractivity contribution in [1.82, 2.24) is 9.96 Å². The number of nitrogens with zero attached hydrogens (tertiary/aromatic N) is 2. The van der Waals surface area contributed by atoms with Crippen LogP contribution in [0.2, 0.25) is 0 Å². The predicted octanol–water partition coefficient (Wildman–Crippen LogP) is 1.93. The van der Waals surface area contributed by atoms with Gasteiger partial charge in [0.25, 0.3) is 5.91 Å². The summed E-state index contributed by atoms with van der Waals surface area (Å²) in [6.45, 7) is 1.46. The van der Waals surface area contributed by atoms with Gasteiger partial charge in [0.1, 0.15) is 0 Å². The van der Waals surface area contributed by atoms with Crippen molar-refractivity contribution >= 4 is 11.9 Å². The fraction of sp³-hybridized carbons (Fsp3) is 0.375. The molecule has 0 saturated heterocycles. The molecule has 9 heteroatoms. The Morgan fingerprint density at radius 2 is 1.84 bits per heavy atom. The second-order valence-electron chi connectivity index (χ2n) is 5.59. The first kappa shape index (κ1) is 18.8.